The largest absolute Gasteiger partial charge is 0.459 e. The second-order valence-electron chi connectivity index (χ2n) is 5.02. The minimum absolute atomic E-state index is 0.292. The van der Waals surface area contributed by atoms with Gasteiger partial charge in [0.1, 0.15) is 0 Å². The van der Waals surface area contributed by atoms with Crippen LogP contribution in [0, 0.1) is 11.3 Å². The number of rotatable bonds is 5. The number of furan rings is 1. The van der Waals surface area contributed by atoms with Crippen LogP contribution in [0.1, 0.15) is 21.7 Å². The molecule has 1 aromatic heterocycles. The molecule has 118 valence electrons. The van der Waals surface area contributed by atoms with Crippen LogP contribution in [0.2, 0.25) is 0 Å². The van der Waals surface area contributed by atoms with Crippen LogP contribution < -0.4 is 5.32 Å². The first-order valence-electron chi connectivity index (χ1n) is 7.32. The summed E-state index contributed by atoms with van der Waals surface area (Å²) in [5.74, 6) is 0.612. The summed E-state index contributed by atoms with van der Waals surface area (Å²) < 4.78 is 5.35. The molecular formula is C19H14N2O2S. The molecule has 3 rings (SSSR count). The molecule has 0 unspecified atom stereocenters. The second kappa shape index (κ2) is 7.53. The Kier molecular flexibility index (Phi) is 4.99. The molecule has 4 nitrogen and oxygen atoms in total. The van der Waals surface area contributed by atoms with Crippen molar-refractivity contribution >= 4 is 23.4 Å². The van der Waals surface area contributed by atoms with E-state index in [1.807, 2.05) is 36.4 Å². The highest BCUT2D eigenvalue weighted by molar-refractivity contribution is 7.98. The third kappa shape index (κ3) is 3.86. The van der Waals surface area contributed by atoms with Crippen LogP contribution in [0.4, 0.5) is 5.69 Å². The van der Waals surface area contributed by atoms with Crippen LogP contribution in [-0.2, 0) is 5.75 Å². The maximum Gasteiger partial charge on any atom is 0.291 e. The maximum atomic E-state index is 12.4. The van der Waals surface area contributed by atoms with Crippen LogP contribution in [0.3, 0.4) is 0 Å². The molecule has 0 spiro atoms. The number of hydrogen-bond acceptors (Lipinski definition) is 4. The average Bonchev–Trinajstić information content (AvgIpc) is 3.10. The van der Waals surface area contributed by atoms with Crippen molar-refractivity contribution < 1.29 is 9.21 Å². The Morgan fingerprint density at radius 3 is 2.75 bits per heavy atom. The smallest absolute Gasteiger partial charge is 0.291 e. The summed E-state index contributed by atoms with van der Waals surface area (Å²) in [5, 5.41) is 11.7. The summed E-state index contributed by atoms with van der Waals surface area (Å²) in [5.41, 5.74) is 1.89. The lowest BCUT2D eigenvalue weighted by molar-refractivity contribution is 0.0996. The van der Waals surface area contributed by atoms with Gasteiger partial charge in [-0.15, -0.1) is 11.8 Å². The van der Waals surface area contributed by atoms with Gasteiger partial charge in [-0.1, -0.05) is 24.3 Å². The number of carbonyl (C=O) groups excluding carboxylic acids is 1. The summed E-state index contributed by atoms with van der Waals surface area (Å²) in [6, 6.07) is 20.6. The number of amides is 1. The molecule has 2 aromatic carbocycles. The molecular weight excluding hydrogens is 320 g/mol. The molecule has 0 atom stereocenters. The number of nitrogens with zero attached hydrogens (tertiary/aromatic N) is 1. The van der Waals surface area contributed by atoms with Gasteiger partial charge in [-0.05, 0) is 36.4 Å². The van der Waals surface area contributed by atoms with Gasteiger partial charge in [0.15, 0.2) is 5.76 Å². The molecule has 0 fully saturated rings. The van der Waals surface area contributed by atoms with Crippen LogP contribution in [0.15, 0.2) is 76.2 Å². The van der Waals surface area contributed by atoms with Gasteiger partial charge >= 0.3 is 0 Å². The van der Waals surface area contributed by atoms with E-state index in [4.69, 9.17) is 9.68 Å². The fraction of sp³-hybridized carbons (Fsp3) is 0.0526. The topological polar surface area (TPSA) is 66.0 Å². The van der Waals surface area contributed by atoms with Crippen LogP contribution in [0.5, 0.6) is 0 Å². The zero-order valence-electron chi connectivity index (χ0n) is 12.7. The van der Waals surface area contributed by atoms with Crippen molar-refractivity contribution in [2.45, 2.75) is 10.6 Å². The normalized spacial score (nSPS) is 10.1. The van der Waals surface area contributed by atoms with Gasteiger partial charge in [0.25, 0.3) is 5.91 Å². The van der Waals surface area contributed by atoms with Gasteiger partial charge in [-0.25, -0.2) is 0 Å². The summed E-state index contributed by atoms with van der Waals surface area (Å²) >= 11 is 1.64. The predicted molar refractivity (Wildman–Crippen MR) is 93.8 cm³/mol. The monoisotopic (exact) mass is 334 g/mol. The van der Waals surface area contributed by atoms with Crippen molar-refractivity contribution in [3.05, 3.63) is 83.8 Å². The molecule has 1 heterocycles. The summed E-state index contributed by atoms with van der Waals surface area (Å²) in [4.78, 5) is 13.5. The van der Waals surface area contributed by atoms with Gasteiger partial charge in [0.05, 0.1) is 17.9 Å². The van der Waals surface area contributed by atoms with E-state index in [1.165, 1.54) is 6.26 Å². The number of carbonyl (C=O) groups is 1. The van der Waals surface area contributed by atoms with Crippen molar-refractivity contribution in [1.29, 1.82) is 5.26 Å². The van der Waals surface area contributed by atoms with Crippen molar-refractivity contribution in [1.82, 2.24) is 0 Å². The molecule has 0 radical (unpaired) electrons. The number of thioether (sulfide) groups is 1. The highest BCUT2D eigenvalue weighted by Crippen LogP contribution is 2.25. The minimum atomic E-state index is -0.321. The number of anilines is 1. The quantitative estimate of drug-likeness (QED) is 0.687. The molecule has 0 saturated carbocycles. The van der Waals surface area contributed by atoms with E-state index in [0.717, 1.165) is 10.5 Å². The average molecular weight is 334 g/mol. The Hall–Kier alpha value is -2.97. The highest BCUT2D eigenvalue weighted by atomic mass is 32.2. The minimum Gasteiger partial charge on any atom is -0.459 e. The number of benzene rings is 2. The molecule has 0 aliphatic carbocycles. The van der Waals surface area contributed by atoms with Gasteiger partial charge < -0.3 is 9.73 Å². The Bertz CT molecular complexity index is 882. The SMILES string of the molecule is N#Cc1cccc(NC(=O)c2occc2CSc2ccccc2)c1. The molecule has 5 heteroatoms. The molecule has 1 amide bonds. The lowest BCUT2D eigenvalue weighted by Crippen LogP contribution is -2.12. The number of nitriles is 1. The summed E-state index contributed by atoms with van der Waals surface area (Å²) in [6.45, 7) is 0. The maximum absolute atomic E-state index is 12.4. The van der Waals surface area contributed by atoms with E-state index in [1.54, 1.807) is 42.1 Å². The zero-order chi connectivity index (χ0) is 16.8. The van der Waals surface area contributed by atoms with Crippen molar-refractivity contribution in [3.8, 4) is 6.07 Å². The molecule has 0 saturated heterocycles. The molecule has 3 aromatic rings. The molecule has 0 aliphatic heterocycles. The number of nitrogens with one attached hydrogen (secondary N) is 1. The van der Waals surface area contributed by atoms with E-state index < -0.39 is 0 Å². The Morgan fingerprint density at radius 2 is 1.96 bits per heavy atom. The van der Waals surface area contributed by atoms with Crippen LogP contribution >= 0.6 is 11.8 Å². The zero-order valence-corrected chi connectivity index (χ0v) is 13.5. The van der Waals surface area contributed by atoms with Gasteiger partial charge in [0.2, 0.25) is 0 Å². The van der Waals surface area contributed by atoms with E-state index in [2.05, 4.69) is 5.32 Å². The highest BCUT2D eigenvalue weighted by Gasteiger charge is 2.16. The van der Waals surface area contributed by atoms with Crippen molar-refractivity contribution in [3.63, 3.8) is 0 Å². The van der Waals surface area contributed by atoms with E-state index in [-0.39, 0.29) is 5.91 Å². The standard InChI is InChI=1S/C19H14N2O2S/c20-12-14-5-4-6-16(11-14)21-19(22)18-15(9-10-23-18)13-24-17-7-2-1-3-8-17/h1-11H,13H2,(H,21,22). The first-order chi connectivity index (χ1) is 11.8. The Morgan fingerprint density at radius 1 is 1.12 bits per heavy atom. The number of hydrogen-bond donors (Lipinski definition) is 1. The summed E-state index contributed by atoms with van der Waals surface area (Å²) in [6.07, 6.45) is 1.52. The van der Waals surface area contributed by atoms with Crippen LogP contribution in [0.25, 0.3) is 0 Å². The molecule has 0 aliphatic rings. The second-order valence-corrected chi connectivity index (χ2v) is 6.07. The van der Waals surface area contributed by atoms with Crippen LogP contribution in [-0.4, -0.2) is 5.91 Å². The lowest BCUT2D eigenvalue weighted by atomic mass is 10.2. The predicted octanol–water partition coefficient (Wildman–Crippen LogP) is 4.70. The third-order valence-electron chi connectivity index (χ3n) is 3.34. The Labute approximate surface area is 144 Å². The molecule has 24 heavy (non-hydrogen) atoms. The lowest BCUT2D eigenvalue weighted by Gasteiger charge is -2.06. The van der Waals surface area contributed by atoms with E-state index >= 15 is 0 Å². The molecule has 1 N–H and O–H groups in total. The van der Waals surface area contributed by atoms with Gasteiger partial charge in [0, 0.05) is 21.9 Å². The first-order valence-corrected chi connectivity index (χ1v) is 8.30. The Balaban J connectivity index is 1.70. The van der Waals surface area contributed by atoms with Gasteiger partial charge in [-0.2, -0.15) is 5.26 Å². The van der Waals surface area contributed by atoms with E-state index in [9.17, 15) is 4.79 Å². The van der Waals surface area contributed by atoms with E-state index in [0.29, 0.717) is 22.8 Å². The summed E-state index contributed by atoms with van der Waals surface area (Å²) in [7, 11) is 0. The first kappa shape index (κ1) is 15.9. The van der Waals surface area contributed by atoms with Crippen molar-refractivity contribution in [2.24, 2.45) is 0 Å². The fourth-order valence-corrected chi connectivity index (χ4v) is 3.08. The molecule has 0 bridgehead atoms. The fourth-order valence-electron chi connectivity index (χ4n) is 2.18. The van der Waals surface area contributed by atoms with Crippen molar-refractivity contribution in [2.75, 3.05) is 5.32 Å². The third-order valence-corrected chi connectivity index (χ3v) is 4.40. The van der Waals surface area contributed by atoms with Gasteiger partial charge in [-0.3, -0.25) is 4.79 Å².